The van der Waals surface area contributed by atoms with Crippen molar-refractivity contribution in [3.05, 3.63) is 0 Å². The van der Waals surface area contributed by atoms with Crippen LogP contribution in [0.15, 0.2) is 0 Å². The van der Waals surface area contributed by atoms with Crippen molar-refractivity contribution < 1.29 is 9.53 Å². The minimum absolute atomic E-state index is 0.224. The van der Waals surface area contributed by atoms with Crippen LogP contribution in [0.3, 0.4) is 0 Å². The molecule has 3 heteroatoms. The molecule has 0 bridgehead atoms. The molecule has 14 heavy (non-hydrogen) atoms. The lowest BCUT2D eigenvalue weighted by molar-refractivity contribution is -0.125. The zero-order chi connectivity index (χ0) is 10.0. The molecule has 2 aliphatic rings. The summed E-state index contributed by atoms with van der Waals surface area (Å²) in [7, 11) is 0. The second kappa shape index (κ2) is 3.99. The summed E-state index contributed by atoms with van der Waals surface area (Å²) in [6, 6.07) is 0. The smallest absolute Gasteiger partial charge is 0.155 e. The van der Waals surface area contributed by atoms with E-state index in [1.54, 1.807) is 0 Å². The average molecular weight is 197 g/mol. The molecule has 1 saturated carbocycles. The van der Waals surface area contributed by atoms with Crippen molar-refractivity contribution in [3.63, 3.8) is 0 Å². The maximum absolute atomic E-state index is 11.9. The number of nitrogens with two attached hydrogens (primary N) is 1. The van der Waals surface area contributed by atoms with E-state index in [0.717, 1.165) is 0 Å². The Bertz CT molecular complexity index is 215. The van der Waals surface area contributed by atoms with E-state index < -0.39 is 5.54 Å². The number of rotatable bonds is 3. The van der Waals surface area contributed by atoms with Gasteiger partial charge in [0.2, 0.25) is 0 Å². The molecule has 1 atom stereocenters. The van der Waals surface area contributed by atoms with Gasteiger partial charge < -0.3 is 10.5 Å². The van der Waals surface area contributed by atoms with E-state index in [1.165, 1.54) is 25.7 Å². The van der Waals surface area contributed by atoms with Gasteiger partial charge in [0.05, 0.1) is 6.61 Å². The van der Waals surface area contributed by atoms with Crippen molar-refractivity contribution in [2.75, 3.05) is 13.2 Å². The Balaban J connectivity index is 1.87. The van der Waals surface area contributed by atoms with Crippen molar-refractivity contribution >= 4 is 5.78 Å². The van der Waals surface area contributed by atoms with Gasteiger partial charge in [-0.15, -0.1) is 0 Å². The van der Waals surface area contributed by atoms with E-state index in [2.05, 4.69) is 0 Å². The first-order valence-electron chi connectivity index (χ1n) is 5.61. The van der Waals surface area contributed by atoms with Gasteiger partial charge in [0.1, 0.15) is 5.54 Å². The largest absolute Gasteiger partial charge is 0.379 e. The highest BCUT2D eigenvalue weighted by Crippen LogP contribution is 2.30. The lowest BCUT2D eigenvalue weighted by atomic mass is 9.87. The summed E-state index contributed by atoms with van der Waals surface area (Å²) in [6.07, 6.45) is 6.38. The van der Waals surface area contributed by atoms with Crippen LogP contribution in [0.1, 0.15) is 38.5 Å². The summed E-state index contributed by atoms with van der Waals surface area (Å²) in [6.45, 7) is 1.07. The SMILES string of the molecule is NC1(C(=O)CC2CCCC2)CCOC1. The minimum Gasteiger partial charge on any atom is -0.379 e. The van der Waals surface area contributed by atoms with Gasteiger partial charge in [-0.2, -0.15) is 0 Å². The fraction of sp³-hybridized carbons (Fsp3) is 0.909. The third-order valence-corrected chi connectivity index (χ3v) is 3.56. The van der Waals surface area contributed by atoms with Crippen molar-refractivity contribution in [1.82, 2.24) is 0 Å². The number of ether oxygens (including phenoxy) is 1. The van der Waals surface area contributed by atoms with Crippen molar-refractivity contribution in [1.29, 1.82) is 0 Å². The first kappa shape index (κ1) is 10.1. The maximum atomic E-state index is 11.9. The van der Waals surface area contributed by atoms with Crippen LogP contribution in [-0.4, -0.2) is 24.5 Å². The van der Waals surface area contributed by atoms with Gasteiger partial charge in [-0.1, -0.05) is 25.7 Å². The summed E-state index contributed by atoms with van der Waals surface area (Å²) in [5.41, 5.74) is 5.36. The molecule has 0 aromatic carbocycles. The van der Waals surface area contributed by atoms with Gasteiger partial charge in [0, 0.05) is 13.0 Å². The molecular formula is C11H19NO2. The van der Waals surface area contributed by atoms with E-state index in [-0.39, 0.29) is 5.78 Å². The first-order valence-corrected chi connectivity index (χ1v) is 5.61. The highest BCUT2D eigenvalue weighted by Gasteiger charge is 2.38. The predicted molar refractivity (Wildman–Crippen MR) is 53.9 cm³/mol. The first-order chi connectivity index (χ1) is 6.71. The summed E-state index contributed by atoms with van der Waals surface area (Å²) < 4.78 is 5.20. The molecule has 0 spiro atoms. The third kappa shape index (κ3) is 1.98. The van der Waals surface area contributed by atoms with Crippen LogP contribution in [0.4, 0.5) is 0 Å². The molecular weight excluding hydrogens is 178 g/mol. The molecule has 1 unspecified atom stereocenters. The Hall–Kier alpha value is -0.410. The number of carbonyl (C=O) groups excluding carboxylic acids is 1. The standard InChI is InChI=1S/C11H19NO2/c12-11(5-6-14-8-11)10(13)7-9-3-1-2-4-9/h9H,1-8,12H2. The quantitative estimate of drug-likeness (QED) is 0.741. The molecule has 0 aromatic rings. The lowest BCUT2D eigenvalue weighted by Gasteiger charge is -2.21. The van der Waals surface area contributed by atoms with E-state index in [9.17, 15) is 4.79 Å². The normalized spacial score (nSPS) is 33.8. The van der Waals surface area contributed by atoms with Gasteiger partial charge in [0.15, 0.2) is 5.78 Å². The highest BCUT2D eigenvalue weighted by molar-refractivity contribution is 5.88. The van der Waals surface area contributed by atoms with Crippen LogP contribution in [0, 0.1) is 5.92 Å². The fourth-order valence-corrected chi connectivity index (χ4v) is 2.48. The lowest BCUT2D eigenvalue weighted by Crippen LogP contribution is -2.49. The average Bonchev–Trinajstić information content (AvgIpc) is 2.76. The van der Waals surface area contributed by atoms with E-state index in [4.69, 9.17) is 10.5 Å². The highest BCUT2D eigenvalue weighted by atomic mass is 16.5. The molecule has 1 aliphatic carbocycles. The topological polar surface area (TPSA) is 52.3 Å². The molecule has 1 heterocycles. The van der Waals surface area contributed by atoms with Crippen LogP contribution in [0.5, 0.6) is 0 Å². The Labute approximate surface area is 85.0 Å². The Kier molecular flexibility index (Phi) is 2.88. The van der Waals surface area contributed by atoms with Crippen LogP contribution >= 0.6 is 0 Å². The zero-order valence-corrected chi connectivity index (χ0v) is 8.63. The second-order valence-corrected chi connectivity index (χ2v) is 4.74. The number of hydrogen-bond donors (Lipinski definition) is 1. The molecule has 3 nitrogen and oxygen atoms in total. The van der Waals surface area contributed by atoms with E-state index >= 15 is 0 Å². The Morgan fingerprint density at radius 1 is 1.43 bits per heavy atom. The monoisotopic (exact) mass is 197 g/mol. The molecule has 2 rings (SSSR count). The molecule has 1 saturated heterocycles. The van der Waals surface area contributed by atoms with E-state index in [0.29, 0.717) is 32.0 Å². The summed E-state index contributed by atoms with van der Waals surface area (Å²) in [4.78, 5) is 11.9. The molecule has 0 amide bonds. The van der Waals surface area contributed by atoms with Gasteiger partial charge in [-0.05, 0) is 12.3 Å². The van der Waals surface area contributed by atoms with Gasteiger partial charge in [-0.3, -0.25) is 4.79 Å². The van der Waals surface area contributed by atoms with Crippen LogP contribution in [0.2, 0.25) is 0 Å². The van der Waals surface area contributed by atoms with Gasteiger partial charge >= 0.3 is 0 Å². The van der Waals surface area contributed by atoms with Crippen LogP contribution in [0.25, 0.3) is 0 Å². The molecule has 80 valence electrons. The molecule has 2 N–H and O–H groups in total. The molecule has 0 radical (unpaired) electrons. The van der Waals surface area contributed by atoms with Crippen molar-refractivity contribution in [2.45, 2.75) is 44.1 Å². The second-order valence-electron chi connectivity index (χ2n) is 4.74. The number of ketones is 1. The molecule has 1 aliphatic heterocycles. The predicted octanol–water partition coefficient (Wildman–Crippen LogP) is 1.25. The molecule has 2 fully saturated rings. The van der Waals surface area contributed by atoms with Gasteiger partial charge in [-0.25, -0.2) is 0 Å². The third-order valence-electron chi connectivity index (χ3n) is 3.56. The number of hydrogen-bond acceptors (Lipinski definition) is 3. The Morgan fingerprint density at radius 3 is 2.71 bits per heavy atom. The maximum Gasteiger partial charge on any atom is 0.155 e. The zero-order valence-electron chi connectivity index (χ0n) is 8.63. The minimum atomic E-state index is -0.650. The van der Waals surface area contributed by atoms with Crippen molar-refractivity contribution in [2.24, 2.45) is 11.7 Å². The van der Waals surface area contributed by atoms with E-state index in [1.807, 2.05) is 0 Å². The molecule has 0 aromatic heterocycles. The van der Waals surface area contributed by atoms with Crippen molar-refractivity contribution in [3.8, 4) is 0 Å². The summed E-state index contributed by atoms with van der Waals surface area (Å²) in [5, 5.41) is 0. The Morgan fingerprint density at radius 2 is 2.14 bits per heavy atom. The van der Waals surface area contributed by atoms with Crippen LogP contribution < -0.4 is 5.73 Å². The number of Topliss-reactive ketones (excluding diaryl/α,β-unsaturated/α-hetero) is 1. The number of carbonyl (C=O) groups is 1. The summed E-state index contributed by atoms with van der Waals surface area (Å²) in [5.74, 6) is 0.824. The summed E-state index contributed by atoms with van der Waals surface area (Å²) >= 11 is 0. The fourth-order valence-electron chi connectivity index (χ4n) is 2.48. The van der Waals surface area contributed by atoms with Gasteiger partial charge in [0.25, 0.3) is 0 Å². The van der Waals surface area contributed by atoms with Crippen LogP contribution in [-0.2, 0) is 9.53 Å².